The third-order valence-corrected chi connectivity index (χ3v) is 5.92. The van der Waals surface area contributed by atoms with E-state index in [9.17, 15) is 18.0 Å². The second-order valence-electron chi connectivity index (χ2n) is 9.73. The Morgan fingerprint density at radius 2 is 2.03 bits per heavy atom. The van der Waals surface area contributed by atoms with Gasteiger partial charge in [0.25, 0.3) is 0 Å². The zero-order valence-corrected chi connectivity index (χ0v) is 18.5. The van der Waals surface area contributed by atoms with E-state index in [0.29, 0.717) is 30.5 Å². The molecule has 1 fully saturated rings. The van der Waals surface area contributed by atoms with Gasteiger partial charge in [0.2, 0.25) is 5.91 Å². The molecule has 1 N–H and O–H groups in total. The minimum atomic E-state index is -4.55. The lowest BCUT2D eigenvalue weighted by molar-refractivity contribution is -0.142. The van der Waals surface area contributed by atoms with Crippen LogP contribution in [0.5, 0.6) is 5.75 Å². The third-order valence-electron chi connectivity index (χ3n) is 5.92. The lowest BCUT2D eigenvalue weighted by Gasteiger charge is -2.46. The fourth-order valence-corrected chi connectivity index (χ4v) is 4.32. The van der Waals surface area contributed by atoms with Gasteiger partial charge in [-0.3, -0.25) is 4.79 Å². The van der Waals surface area contributed by atoms with Gasteiger partial charge in [-0.05, 0) is 24.2 Å². The number of amides is 1. The van der Waals surface area contributed by atoms with Crippen molar-refractivity contribution in [3.8, 4) is 5.75 Å². The summed E-state index contributed by atoms with van der Waals surface area (Å²) in [5, 5.41) is 6.02. The van der Waals surface area contributed by atoms with E-state index in [1.54, 1.807) is 6.07 Å². The van der Waals surface area contributed by atoms with Crippen LogP contribution in [0.3, 0.4) is 0 Å². The summed E-state index contributed by atoms with van der Waals surface area (Å²) < 4.78 is 49.1. The van der Waals surface area contributed by atoms with Crippen molar-refractivity contribution in [1.29, 1.82) is 0 Å². The Balaban J connectivity index is 1.63. The molecular weight excluding hydrogens is 425 g/mol. The maximum Gasteiger partial charge on any atom is 0.436 e. The number of alkyl halides is 3. The number of carbonyl (C=O) groups is 1. The van der Waals surface area contributed by atoms with Crippen molar-refractivity contribution in [2.45, 2.75) is 58.7 Å². The van der Waals surface area contributed by atoms with E-state index >= 15 is 0 Å². The molecule has 174 valence electrons. The van der Waals surface area contributed by atoms with Crippen LogP contribution in [0.2, 0.25) is 0 Å². The highest BCUT2D eigenvalue weighted by Gasteiger charge is 2.42. The first-order valence-electron chi connectivity index (χ1n) is 10.6. The Morgan fingerprint density at radius 1 is 1.28 bits per heavy atom. The van der Waals surface area contributed by atoms with Gasteiger partial charge in [-0.1, -0.05) is 25.9 Å². The summed E-state index contributed by atoms with van der Waals surface area (Å²) in [5.74, 6) is 1.36. The smallest absolute Gasteiger partial charge is 0.436 e. The highest BCUT2D eigenvalue weighted by atomic mass is 19.4. The van der Waals surface area contributed by atoms with Gasteiger partial charge < -0.3 is 19.5 Å². The lowest BCUT2D eigenvalue weighted by atomic mass is 9.69. The van der Waals surface area contributed by atoms with Crippen LogP contribution < -0.4 is 15.0 Å². The number of aromatic nitrogens is 2. The van der Waals surface area contributed by atoms with Crippen molar-refractivity contribution < 1.29 is 27.2 Å². The first kappa shape index (κ1) is 22.4. The zero-order valence-electron chi connectivity index (χ0n) is 18.5. The largest absolute Gasteiger partial charge is 0.493 e. The Hall–Kier alpha value is -2.78. The van der Waals surface area contributed by atoms with E-state index in [1.807, 2.05) is 25.7 Å². The molecule has 0 saturated heterocycles. The Labute approximate surface area is 184 Å². The predicted molar refractivity (Wildman–Crippen MR) is 112 cm³/mol. The summed E-state index contributed by atoms with van der Waals surface area (Å²) in [6.45, 7) is 6.76. The monoisotopic (exact) mass is 452 g/mol. The number of hydrogen-bond donors (Lipinski definition) is 1. The highest BCUT2D eigenvalue weighted by molar-refractivity contribution is 5.92. The number of halogens is 3. The molecule has 1 amide bonds. The van der Waals surface area contributed by atoms with Crippen LogP contribution in [0.25, 0.3) is 0 Å². The molecule has 1 aliphatic carbocycles. The van der Waals surface area contributed by atoms with Gasteiger partial charge in [0.15, 0.2) is 23.0 Å². The fraction of sp³-hybridized carbons (Fsp3) is 0.591. The van der Waals surface area contributed by atoms with Gasteiger partial charge in [-0.2, -0.15) is 13.2 Å². The molecule has 2 aromatic heterocycles. The third kappa shape index (κ3) is 4.54. The predicted octanol–water partition coefficient (Wildman–Crippen LogP) is 4.99. The van der Waals surface area contributed by atoms with Crippen LogP contribution in [0.1, 0.15) is 63.1 Å². The molecule has 32 heavy (non-hydrogen) atoms. The molecule has 2 atom stereocenters. The number of nitrogens with zero attached hydrogens (tertiary/aromatic N) is 3. The molecule has 3 heterocycles. The molecular formula is C22H27F3N4O3. The maximum atomic E-state index is 12.9. The van der Waals surface area contributed by atoms with Gasteiger partial charge in [0, 0.05) is 31.0 Å². The SMILES string of the molecule is COc1cc2c(nc1NC(=O)CC(C)(C)C)[C@H]1CC[C@H]1CN2Cc1cc(C(F)(F)F)no1. The molecule has 4 rings (SSSR count). The Bertz CT molecular complexity index is 1010. The Morgan fingerprint density at radius 3 is 2.59 bits per heavy atom. The second-order valence-corrected chi connectivity index (χ2v) is 9.73. The van der Waals surface area contributed by atoms with Gasteiger partial charge in [-0.15, -0.1) is 0 Å². The second kappa shape index (κ2) is 7.97. The molecule has 7 nitrogen and oxygen atoms in total. The van der Waals surface area contributed by atoms with Crippen LogP contribution >= 0.6 is 0 Å². The van der Waals surface area contributed by atoms with Gasteiger partial charge >= 0.3 is 6.18 Å². The van der Waals surface area contributed by atoms with Crippen LogP contribution in [-0.2, 0) is 17.5 Å². The highest BCUT2D eigenvalue weighted by Crippen LogP contribution is 2.51. The maximum absolute atomic E-state index is 12.9. The van der Waals surface area contributed by atoms with Crippen LogP contribution in [0.15, 0.2) is 16.7 Å². The number of carbonyl (C=O) groups excluding carboxylic acids is 1. The van der Waals surface area contributed by atoms with E-state index in [4.69, 9.17) is 14.2 Å². The van der Waals surface area contributed by atoms with E-state index in [1.165, 1.54) is 7.11 Å². The first-order chi connectivity index (χ1) is 14.9. The standard InChI is InChI=1S/C22H27F3N4O3/c1-21(2,3)9-18(30)26-20-16(31-4)8-15-19(27-20)14-6-5-12(14)10-29(15)11-13-7-17(28-32-13)22(23,24)25/h7-8,12,14H,5-6,9-11H2,1-4H3,(H,26,27,30)/t12-,14-/m0/s1. The number of hydrogen-bond acceptors (Lipinski definition) is 6. The molecule has 2 aromatic rings. The van der Waals surface area contributed by atoms with Gasteiger partial charge in [-0.25, -0.2) is 4.98 Å². The van der Waals surface area contributed by atoms with Crippen molar-refractivity contribution in [2.75, 3.05) is 23.9 Å². The van der Waals surface area contributed by atoms with E-state index in [0.717, 1.165) is 30.3 Å². The molecule has 0 spiro atoms. The summed E-state index contributed by atoms with van der Waals surface area (Å²) in [5.41, 5.74) is 0.392. The molecule has 1 aliphatic heterocycles. The molecule has 0 aromatic carbocycles. The lowest BCUT2D eigenvalue weighted by Crippen LogP contribution is -2.42. The van der Waals surface area contributed by atoms with Crippen LogP contribution in [0.4, 0.5) is 24.7 Å². The summed E-state index contributed by atoms with van der Waals surface area (Å²) in [6, 6.07) is 2.73. The Kier molecular flexibility index (Phi) is 5.58. The molecule has 1 saturated carbocycles. The number of fused-ring (bicyclic) bond motifs is 3. The van der Waals surface area contributed by atoms with Gasteiger partial charge in [0.1, 0.15) is 0 Å². The number of rotatable bonds is 5. The molecule has 0 bridgehead atoms. The number of anilines is 2. The van der Waals surface area contributed by atoms with Crippen molar-refractivity contribution in [1.82, 2.24) is 10.1 Å². The molecule has 0 radical (unpaired) electrons. The van der Waals surface area contributed by atoms with Gasteiger partial charge in [0.05, 0.1) is 25.0 Å². The topological polar surface area (TPSA) is 80.5 Å². The molecule has 10 heteroatoms. The van der Waals surface area contributed by atoms with Crippen molar-refractivity contribution in [3.05, 3.63) is 29.3 Å². The zero-order chi connectivity index (χ0) is 23.3. The fourth-order valence-electron chi connectivity index (χ4n) is 4.32. The van der Waals surface area contributed by atoms with Crippen LogP contribution in [-0.4, -0.2) is 29.7 Å². The first-order valence-corrected chi connectivity index (χ1v) is 10.6. The molecule has 0 unspecified atom stereocenters. The van der Waals surface area contributed by atoms with Crippen LogP contribution in [0, 0.1) is 11.3 Å². The summed E-state index contributed by atoms with van der Waals surface area (Å²) in [7, 11) is 1.49. The van der Waals surface area contributed by atoms with Crippen molar-refractivity contribution >= 4 is 17.4 Å². The minimum absolute atomic E-state index is 0.127. The number of nitrogens with one attached hydrogen (secondary N) is 1. The summed E-state index contributed by atoms with van der Waals surface area (Å²) in [4.78, 5) is 19.2. The summed E-state index contributed by atoms with van der Waals surface area (Å²) in [6.07, 6.45) is -2.21. The number of ether oxygens (including phenoxy) is 1. The normalized spacial score (nSPS) is 20.3. The number of pyridine rings is 1. The van der Waals surface area contributed by atoms with E-state index in [-0.39, 0.29) is 29.5 Å². The minimum Gasteiger partial charge on any atom is -0.493 e. The quantitative estimate of drug-likeness (QED) is 0.689. The average Bonchev–Trinajstić information content (AvgIpc) is 3.11. The summed E-state index contributed by atoms with van der Waals surface area (Å²) >= 11 is 0. The van der Waals surface area contributed by atoms with E-state index < -0.39 is 11.9 Å². The average molecular weight is 452 g/mol. The van der Waals surface area contributed by atoms with Crippen molar-refractivity contribution in [2.24, 2.45) is 11.3 Å². The molecule has 2 aliphatic rings. The number of methoxy groups -OCH3 is 1. The van der Waals surface area contributed by atoms with E-state index in [2.05, 4.69) is 10.5 Å². The van der Waals surface area contributed by atoms with Crippen molar-refractivity contribution in [3.63, 3.8) is 0 Å².